The van der Waals surface area contributed by atoms with Crippen molar-refractivity contribution < 1.29 is 0 Å². The smallest absolute Gasteiger partial charge is 0.00458 e. The van der Waals surface area contributed by atoms with E-state index in [1.54, 1.807) is 0 Å². The molecule has 0 aliphatic rings. The Hall–Kier alpha value is 3.27. The molecule has 0 heterocycles. The van der Waals surface area contributed by atoms with Crippen LogP contribution in [0.15, 0.2) is 0 Å². The van der Waals surface area contributed by atoms with Crippen molar-refractivity contribution in [2.24, 2.45) is 0 Å². The zero-order valence-corrected chi connectivity index (χ0v) is 17.6. The number of thiol groups is 1. The second kappa shape index (κ2) is 6.87. The first-order valence-corrected chi connectivity index (χ1v) is 18.1. The van der Waals surface area contributed by atoms with Crippen LogP contribution in [0.3, 0.4) is 0 Å². The molecule has 0 bridgehead atoms. The van der Waals surface area contributed by atoms with Crippen molar-refractivity contribution in [3.05, 3.63) is 0 Å². The number of hydrogen-bond acceptors (Lipinski definition) is 0. The van der Waals surface area contributed by atoms with Crippen molar-refractivity contribution in [1.29, 1.82) is 0 Å². The molecule has 5 heteroatoms. The van der Waals surface area contributed by atoms with Gasteiger partial charge in [-0.3, -0.25) is 0 Å². The Morgan fingerprint density at radius 3 is 1.77 bits per heavy atom. The second-order valence-corrected chi connectivity index (χ2v) is 62.9. The summed E-state index contributed by atoms with van der Waals surface area (Å²) in [4.78, 5) is 0. The molecule has 13 heavy (non-hydrogen) atoms. The van der Waals surface area contributed by atoms with Crippen LogP contribution in [0.5, 0.6) is 0 Å². The lowest BCUT2D eigenvalue weighted by Gasteiger charge is -2.46. The molecule has 0 spiro atoms. The van der Waals surface area contributed by atoms with Gasteiger partial charge < -0.3 is 0 Å². The third-order valence-electron chi connectivity index (χ3n) is 2.06. The largest absolute Gasteiger partial charge is 0.114 e. The summed E-state index contributed by atoms with van der Waals surface area (Å²) < 4.78 is -1.43. The van der Waals surface area contributed by atoms with Crippen molar-refractivity contribution in [3.8, 4) is 0 Å². The molecule has 0 aromatic heterocycles. The van der Waals surface area contributed by atoms with E-state index >= 15 is 0 Å². The van der Waals surface area contributed by atoms with Crippen LogP contribution in [0, 0.1) is 0 Å². The summed E-state index contributed by atoms with van der Waals surface area (Å²) in [5, 5.41) is 0.957. The third kappa shape index (κ3) is 8.06. The van der Waals surface area contributed by atoms with Gasteiger partial charge in [-0.05, 0) is 97.7 Å². The molecule has 0 nitrogen and oxygen atoms in total. The molecular formula is C8H18I4S. The highest BCUT2D eigenvalue weighted by molar-refractivity contribution is 14.6. The molecule has 0 aromatic carbocycles. The van der Waals surface area contributed by atoms with Gasteiger partial charge in [0.25, 0.3) is 0 Å². The zero-order chi connectivity index (χ0) is 10.6. The topological polar surface area (TPSA) is 0 Å². The Kier molecular flexibility index (Phi) is 8.60. The van der Waals surface area contributed by atoms with Crippen LogP contribution in [0.2, 0.25) is 0 Å². The molecule has 0 aliphatic heterocycles. The molecule has 0 N–H and O–H groups in total. The highest BCUT2D eigenvalue weighted by Crippen LogP contribution is 2.98. The number of rotatable bonds is 6. The lowest BCUT2D eigenvalue weighted by atomic mass is 10.1. The maximum absolute atomic E-state index is 2.73. The molecular weight excluding hydrogens is 636 g/mol. The quantitative estimate of drug-likeness (QED) is 0.236. The van der Waals surface area contributed by atoms with E-state index in [2.05, 4.69) is 98.7 Å². The summed E-state index contributed by atoms with van der Waals surface area (Å²) in [5.41, 5.74) is 0. The summed E-state index contributed by atoms with van der Waals surface area (Å²) >= 11 is 10.9. The van der Waals surface area contributed by atoms with Crippen LogP contribution in [-0.2, 0) is 0 Å². The van der Waals surface area contributed by atoms with Gasteiger partial charge in [0.15, 0.2) is 0 Å². The fourth-order valence-corrected chi connectivity index (χ4v) is 9.21. The molecule has 0 amide bonds. The summed E-state index contributed by atoms with van der Waals surface area (Å²) in [5.74, 6) is 0. The van der Waals surface area contributed by atoms with Gasteiger partial charge in [0.2, 0.25) is 0 Å². The van der Waals surface area contributed by atoms with Crippen LogP contribution in [0.25, 0.3) is 0 Å². The minimum absolute atomic E-state index is 0.957. The second-order valence-electron chi connectivity index (χ2n) is 3.36. The van der Waals surface area contributed by atoms with Crippen molar-refractivity contribution in [3.63, 3.8) is 0 Å². The molecule has 0 fully saturated rings. The first kappa shape index (κ1) is 16.3. The zero-order valence-electron chi connectivity index (χ0n) is 8.07. The molecule has 0 aliphatic carbocycles. The standard InChI is InChI=1S/C8H18I4S/c1-3-5-7-8(6-4-2)13(9,10,11)12/h8,13H,3-7H2,1-2H3. The molecule has 0 radical (unpaired) electrons. The van der Waals surface area contributed by atoms with Crippen molar-refractivity contribution >= 4 is 82.7 Å². The lowest BCUT2D eigenvalue weighted by molar-refractivity contribution is 0.641. The highest BCUT2D eigenvalue weighted by Gasteiger charge is 2.36. The normalized spacial score (nSPS) is 17.8. The molecule has 1 atom stereocenters. The van der Waals surface area contributed by atoms with Crippen LogP contribution < -0.4 is 0 Å². The molecule has 84 valence electrons. The van der Waals surface area contributed by atoms with Gasteiger partial charge in [0, 0.05) is 5.25 Å². The Labute approximate surface area is 131 Å². The van der Waals surface area contributed by atoms with Crippen LogP contribution >= 0.6 is 82.7 Å². The van der Waals surface area contributed by atoms with Gasteiger partial charge in [0.1, 0.15) is 0 Å². The van der Waals surface area contributed by atoms with E-state index in [0.29, 0.717) is 0 Å². The molecule has 0 saturated heterocycles. The van der Waals surface area contributed by atoms with Crippen LogP contribution in [-0.4, -0.2) is 5.25 Å². The summed E-state index contributed by atoms with van der Waals surface area (Å²) in [6.07, 6.45) is 6.92. The van der Waals surface area contributed by atoms with E-state index in [1.807, 2.05) is 0 Å². The summed E-state index contributed by atoms with van der Waals surface area (Å²) in [6, 6.07) is 0. The fraction of sp³-hybridized carbons (Fsp3) is 1.00. The molecule has 1 unspecified atom stereocenters. The SMILES string of the molecule is CCCCC(CCC)[SH](I)(I)(I)I. The average molecular weight is 654 g/mol. The molecule has 0 rings (SSSR count). The van der Waals surface area contributed by atoms with E-state index in [0.717, 1.165) is 5.25 Å². The van der Waals surface area contributed by atoms with Crippen molar-refractivity contribution in [2.75, 3.05) is 0 Å². The van der Waals surface area contributed by atoms with Crippen LogP contribution in [0.1, 0.15) is 46.0 Å². The first-order valence-electron chi connectivity index (χ1n) is 4.67. The van der Waals surface area contributed by atoms with E-state index in [9.17, 15) is 0 Å². The Morgan fingerprint density at radius 2 is 1.46 bits per heavy atom. The van der Waals surface area contributed by atoms with E-state index in [-0.39, 0.29) is 0 Å². The maximum Gasteiger partial charge on any atom is 0.00458 e. The monoisotopic (exact) mass is 654 g/mol. The molecule has 0 aromatic rings. The van der Waals surface area contributed by atoms with Gasteiger partial charge in [-0.25, -0.2) is 0 Å². The van der Waals surface area contributed by atoms with Gasteiger partial charge in [0.05, 0.1) is 0 Å². The number of unbranched alkanes of at least 4 members (excludes halogenated alkanes) is 1. The van der Waals surface area contributed by atoms with E-state index in [4.69, 9.17) is 0 Å². The summed E-state index contributed by atoms with van der Waals surface area (Å²) in [6.45, 7) is 4.60. The van der Waals surface area contributed by atoms with Gasteiger partial charge in [-0.2, -0.15) is 0 Å². The number of halogens is 4. The third-order valence-corrected chi connectivity index (χ3v) is 13.1. The number of hydrogen-bond donors (Lipinski definition) is 1. The van der Waals surface area contributed by atoms with Gasteiger partial charge in [-0.1, -0.05) is 33.1 Å². The predicted molar refractivity (Wildman–Crippen MR) is 103 cm³/mol. The van der Waals surface area contributed by atoms with Crippen molar-refractivity contribution in [2.45, 2.75) is 51.2 Å². The van der Waals surface area contributed by atoms with E-state index in [1.165, 1.54) is 32.1 Å². The Balaban J connectivity index is 4.25. The highest BCUT2D eigenvalue weighted by atomic mass is 127. The predicted octanol–water partition coefficient (Wildman–Crippen LogP) is 6.82. The Morgan fingerprint density at radius 1 is 0.923 bits per heavy atom. The summed E-state index contributed by atoms with van der Waals surface area (Å²) in [7, 11) is 0. The van der Waals surface area contributed by atoms with Gasteiger partial charge >= 0.3 is 0 Å². The minimum atomic E-state index is -1.43. The fourth-order valence-electron chi connectivity index (χ4n) is 1.31. The molecule has 0 saturated carbocycles. The van der Waals surface area contributed by atoms with E-state index < -0.39 is -2.15 Å². The van der Waals surface area contributed by atoms with Crippen molar-refractivity contribution in [1.82, 2.24) is 0 Å². The first-order chi connectivity index (χ1) is 5.78. The maximum atomic E-state index is 2.73. The average Bonchev–Trinajstić information content (AvgIpc) is 1.94. The minimum Gasteiger partial charge on any atom is -0.114 e. The lowest BCUT2D eigenvalue weighted by Crippen LogP contribution is -2.10. The Bertz CT molecular complexity index is 143. The van der Waals surface area contributed by atoms with Crippen LogP contribution in [0.4, 0.5) is 0 Å². The van der Waals surface area contributed by atoms with Gasteiger partial charge in [-0.15, -0.1) is -2.15 Å².